The maximum atomic E-state index is 12.9. The third-order valence-electron chi connectivity index (χ3n) is 7.75. The van der Waals surface area contributed by atoms with Crippen LogP contribution in [0, 0.1) is 0 Å². The Morgan fingerprint density at radius 3 is 2.37 bits per heavy atom. The molecule has 2 aromatic carbocycles. The number of piperidine rings is 1. The lowest BCUT2D eigenvalue weighted by Gasteiger charge is -2.36. The van der Waals surface area contributed by atoms with E-state index in [1.807, 2.05) is 17.0 Å². The minimum atomic E-state index is 0.166. The van der Waals surface area contributed by atoms with Crippen molar-refractivity contribution in [2.24, 2.45) is 0 Å². The van der Waals surface area contributed by atoms with E-state index in [-0.39, 0.29) is 5.91 Å². The van der Waals surface area contributed by atoms with E-state index in [2.05, 4.69) is 82.2 Å². The molecule has 1 aromatic heterocycles. The molecule has 2 aliphatic rings. The molecule has 2 aliphatic heterocycles. The van der Waals surface area contributed by atoms with Gasteiger partial charge in [-0.1, -0.05) is 25.1 Å². The molecule has 0 aliphatic carbocycles. The number of piperazine rings is 1. The quantitative estimate of drug-likeness (QED) is 0.562. The van der Waals surface area contributed by atoms with Gasteiger partial charge in [0.1, 0.15) is 0 Å². The fourth-order valence-corrected chi connectivity index (χ4v) is 5.62. The molecule has 0 saturated carbocycles. The van der Waals surface area contributed by atoms with Crippen LogP contribution in [0.5, 0.6) is 0 Å². The van der Waals surface area contributed by atoms with Crippen molar-refractivity contribution in [1.29, 1.82) is 0 Å². The van der Waals surface area contributed by atoms with Gasteiger partial charge >= 0.3 is 0 Å². The molecular formula is C29H39N5O. The van der Waals surface area contributed by atoms with E-state index in [9.17, 15) is 4.79 Å². The molecule has 1 unspecified atom stereocenters. The normalized spacial score (nSPS) is 18.8. The first-order valence-electron chi connectivity index (χ1n) is 13.3. The Labute approximate surface area is 209 Å². The van der Waals surface area contributed by atoms with Crippen molar-refractivity contribution < 1.29 is 4.79 Å². The zero-order valence-corrected chi connectivity index (χ0v) is 21.2. The monoisotopic (exact) mass is 473 g/mol. The summed E-state index contributed by atoms with van der Waals surface area (Å²) in [6.07, 6.45) is 4.48. The summed E-state index contributed by atoms with van der Waals surface area (Å²) in [6, 6.07) is 20.0. The number of hydrogen-bond acceptors (Lipinski definition) is 4. The van der Waals surface area contributed by atoms with Gasteiger partial charge in [-0.2, -0.15) is 0 Å². The average Bonchev–Trinajstić information content (AvgIpc) is 3.31. The van der Waals surface area contributed by atoms with E-state index in [0.717, 1.165) is 70.8 Å². The number of nitrogens with one attached hydrogen (secondary N) is 1. The van der Waals surface area contributed by atoms with Crippen molar-refractivity contribution in [3.63, 3.8) is 0 Å². The average molecular weight is 474 g/mol. The number of amides is 1. The van der Waals surface area contributed by atoms with E-state index in [1.165, 1.54) is 16.6 Å². The number of nitrogens with zero attached hydrogens (tertiary/aromatic N) is 4. The first kappa shape index (κ1) is 23.9. The van der Waals surface area contributed by atoms with Crippen LogP contribution in [0.1, 0.15) is 37.0 Å². The fourth-order valence-electron chi connectivity index (χ4n) is 5.62. The fraction of sp³-hybridized carbons (Fsp3) is 0.483. The highest BCUT2D eigenvalue weighted by Crippen LogP contribution is 2.22. The lowest BCUT2D eigenvalue weighted by Crippen LogP contribution is -2.48. The van der Waals surface area contributed by atoms with Crippen molar-refractivity contribution >= 4 is 22.5 Å². The Bertz CT molecular complexity index is 1110. The molecule has 35 heavy (non-hydrogen) atoms. The minimum absolute atomic E-state index is 0.166. The molecule has 1 amide bonds. The van der Waals surface area contributed by atoms with Gasteiger partial charge < -0.3 is 24.6 Å². The van der Waals surface area contributed by atoms with Gasteiger partial charge in [-0.05, 0) is 68.1 Å². The number of benzene rings is 2. The Hall–Kier alpha value is -2.83. The van der Waals surface area contributed by atoms with E-state index in [1.54, 1.807) is 0 Å². The van der Waals surface area contributed by atoms with Crippen molar-refractivity contribution in [1.82, 2.24) is 19.7 Å². The van der Waals surface area contributed by atoms with E-state index in [0.29, 0.717) is 12.1 Å². The van der Waals surface area contributed by atoms with Crippen LogP contribution in [0.2, 0.25) is 0 Å². The standard InChI is InChI=1S/C29H39N5O/c1-3-31-18-20-33(21-19-31)29(35)25-8-10-27(11-9-25)32-16-13-26(14-17-32)30-23(2)22-34-15-12-24-6-4-5-7-28(24)34/h4-12,15,23,26,30H,3,13-14,16-22H2,1-2H3. The summed E-state index contributed by atoms with van der Waals surface area (Å²) < 4.78 is 2.36. The Morgan fingerprint density at radius 2 is 1.66 bits per heavy atom. The summed E-state index contributed by atoms with van der Waals surface area (Å²) in [7, 11) is 0. The van der Waals surface area contributed by atoms with E-state index < -0.39 is 0 Å². The largest absolute Gasteiger partial charge is 0.371 e. The van der Waals surface area contributed by atoms with Crippen LogP contribution in [0.4, 0.5) is 5.69 Å². The second-order valence-corrected chi connectivity index (χ2v) is 10.1. The molecule has 3 heterocycles. The van der Waals surface area contributed by atoms with Crippen LogP contribution in [0.25, 0.3) is 10.9 Å². The first-order chi connectivity index (χ1) is 17.1. The predicted octanol–water partition coefficient (Wildman–Crippen LogP) is 4.07. The number of fused-ring (bicyclic) bond motifs is 1. The van der Waals surface area contributed by atoms with Gasteiger partial charge in [0.05, 0.1) is 0 Å². The Kier molecular flexibility index (Phi) is 7.40. The summed E-state index contributed by atoms with van der Waals surface area (Å²) in [6.45, 7) is 12.2. The minimum Gasteiger partial charge on any atom is -0.371 e. The second-order valence-electron chi connectivity index (χ2n) is 10.1. The molecular weight excluding hydrogens is 434 g/mol. The second kappa shape index (κ2) is 10.8. The van der Waals surface area contributed by atoms with Crippen LogP contribution < -0.4 is 10.2 Å². The molecule has 6 nitrogen and oxygen atoms in total. The zero-order chi connectivity index (χ0) is 24.2. The molecule has 3 aromatic rings. The van der Waals surface area contributed by atoms with Gasteiger partial charge in [-0.15, -0.1) is 0 Å². The van der Waals surface area contributed by atoms with Crippen molar-refractivity contribution in [3.8, 4) is 0 Å². The number of aromatic nitrogens is 1. The van der Waals surface area contributed by atoms with Gasteiger partial charge in [0, 0.05) is 80.9 Å². The Balaban J connectivity index is 1.10. The molecule has 1 N–H and O–H groups in total. The highest BCUT2D eigenvalue weighted by atomic mass is 16.2. The molecule has 0 bridgehead atoms. The zero-order valence-electron chi connectivity index (χ0n) is 21.2. The number of carbonyl (C=O) groups is 1. The lowest BCUT2D eigenvalue weighted by atomic mass is 10.0. The van der Waals surface area contributed by atoms with Crippen LogP contribution in [-0.4, -0.2) is 78.2 Å². The Morgan fingerprint density at radius 1 is 0.943 bits per heavy atom. The number of carbonyl (C=O) groups excluding carboxylic acids is 1. The van der Waals surface area contributed by atoms with Gasteiger partial charge in [-0.3, -0.25) is 4.79 Å². The number of hydrogen-bond donors (Lipinski definition) is 1. The molecule has 0 radical (unpaired) electrons. The molecule has 6 heteroatoms. The summed E-state index contributed by atoms with van der Waals surface area (Å²) in [5.74, 6) is 0.166. The molecule has 2 saturated heterocycles. The molecule has 5 rings (SSSR count). The van der Waals surface area contributed by atoms with Crippen molar-refractivity contribution in [2.75, 3.05) is 50.7 Å². The molecule has 1 atom stereocenters. The summed E-state index contributed by atoms with van der Waals surface area (Å²) in [5.41, 5.74) is 3.34. The van der Waals surface area contributed by atoms with Gasteiger partial charge in [0.2, 0.25) is 0 Å². The van der Waals surface area contributed by atoms with Gasteiger partial charge in [-0.25, -0.2) is 0 Å². The predicted molar refractivity (Wildman–Crippen MR) is 144 cm³/mol. The lowest BCUT2D eigenvalue weighted by molar-refractivity contribution is 0.0643. The van der Waals surface area contributed by atoms with Crippen molar-refractivity contribution in [3.05, 3.63) is 66.4 Å². The summed E-state index contributed by atoms with van der Waals surface area (Å²) in [5, 5.41) is 5.17. The van der Waals surface area contributed by atoms with Gasteiger partial charge in [0.15, 0.2) is 0 Å². The third-order valence-corrected chi connectivity index (χ3v) is 7.75. The number of anilines is 1. The van der Waals surface area contributed by atoms with E-state index in [4.69, 9.17) is 0 Å². The number of rotatable bonds is 7. The van der Waals surface area contributed by atoms with Crippen LogP contribution in [0.3, 0.4) is 0 Å². The smallest absolute Gasteiger partial charge is 0.253 e. The van der Waals surface area contributed by atoms with Crippen LogP contribution in [-0.2, 0) is 6.54 Å². The molecule has 2 fully saturated rings. The highest BCUT2D eigenvalue weighted by Gasteiger charge is 2.23. The first-order valence-corrected chi connectivity index (χ1v) is 13.3. The summed E-state index contributed by atoms with van der Waals surface area (Å²) in [4.78, 5) is 19.7. The van der Waals surface area contributed by atoms with Gasteiger partial charge in [0.25, 0.3) is 5.91 Å². The maximum absolute atomic E-state index is 12.9. The molecule has 186 valence electrons. The van der Waals surface area contributed by atoms with Crippen molar-refractivity contribution in [2.45, 2.75) is 45.3 Å². The third kappa shape index (κ3) is 5.54. The molecule has 0 spiro atoms. The number of likely N-dealkylation sites (N-methyl/N-ethyl adjacent to an activating group) is 1. The summed E-state index contributed by atoms with van der Waals surface area (Å²) >= 11 is 0. The maximum Gasteiger partial charge on any atom is 0.253 e. The highest BCUT2D eigenvalue weighted by molar-refractivity contribution is 5.94. The number of para-hydroxylation sites is 1. The SMILES string of the molecule is CCN1CCN(C(=O)c2ccc(N3CCC(NC(C)Cn4ccc5ccccc54)CC3)cc2)CC1. The van der Waals surface area contributed by atoms with Crippen LogP contribution >= 0.6 is 0 Å². The van der Waals surface area contributed by atoms with E-state index >= 15 is 0 Å². The topological polar surface area (TPSA) is 43.8 Å². The van der Waals surface area contributed by atoms with Crippen LogP contribution in [0.15, 0.2) is 60.8 Å².